The second-order valence-electron chi connectivity index (χ2n) is 3.42. The molecule has 0 saturated heterocycles. The molecule has 1 aliphatic rings. The molecule has 84 valence electrons. The van der Waals surface area contributed by atoms with Crippen LogP contribution in [0.25, 0.3) is 0 Å². The highest BCUT2D eigenvalue weighted by Gasteiger charge is 2.24. The Morgan fingerprint density at radius 1 is 1.50 bits per heavy atom. The van der Waals surface area contributed by atoms with E-state index in [0.29, 0.717) is 29.0 Å². The first kappa shape index (κ1) is 10.5. The van der Waals surface area contributed by atoms with Gasteiger partial charge >= 0.3 is 0 Å². The third kappa shape index (κ3) is 1.50. The lowest BCUT2D eigenvalue weighted by Gasteiger charge is -2.26. The van der Waals surface area contributed by atoms with Crippen LogP contribution in [0.5, 0.6) is 11.5 Å². The number of amides is 1. The van der Waals surface area contributed by atoms with Crippen LogP contribution in [0.15, 0.2) is 12.1 Å². The molecular weight excluding hydrogens is 210 g/mol. The van der Waals surface area contributed by atoms with Gasteiger partial charge in [-0.15, -0.1) is 0 Å². The Kier molecular flexibility index (Phi) is 2.52. The van der Waals surface area contributed by atoms with Crippen molar-refractivity contribution in [1.82, 2.24) is 0 Å². The summed E-state index contributed by atoms with van der Waals surface area (Å²) in [5.41, 5.74) is 0.977. The zero-order valence-electron chi connectivity index (χ0n) is 9.02. The zero-order valence-corrected chi connectivity index (χ0v) is 9.02. The molecule has 0 fully saturated rings. The van der Waals surface area contributed by atoms with Gasteiger partial charge in [0.2, 0.25) is 0 Å². The van der Waals surface area contributed by atoms with E-state index in [2.05, 4.69) is 0 Å². The predicted molar refractivity (Wildman–Crippen MR) is 57.3 cm³/mol. The van der Waals surface area contributed by atoms with E-state index < -0.39 is 0 Å². The normalized spacial score (nSPS) is 14.1. The average Bonchev–Trinajstić information content (AvgIpc) is 2.32. The van der Waals surface area contributed by atoms with Gasteiger partial charge in [0.25, 0.3) is 5.91 Å². The number of hydrogen-bond donors (Lipinski definition) is 0. The summed E-state index contributed by atoms with van der Waals surface area (Å²) >= 11 is 0. The third-order valence-electron chi connectivity index (χ3n) is 2.52. The van der Waals surface area contributed by atoms with Gasteiger partial charge in [-0.1, -0.05) is 0 Å². The van der Waals surface area contributed by atoms with Crippen molar-refractivity contribution in [2.45, 2.75) is 0 Å². The Labute approximate surface area is 92.6 Å². The Hall–Kier alpha value is -2.04. The summed E-state index contributed by atoms with van der Waals surface area (Å²) in [7, 11) is 3.12. The minimum absolute atomic E-state index is 0.00703. The van der Waals surface area contributed by atoms with Crippen LogP contribution in [0.2, 0.25) is 0 Å². The van der Waals surface area contributed by atoms with Crippen LogP contribution in [-0.4, -0.2) is 33.0 Å². The number of nitrogens with zero attached hydrogens (tertiary/aromatic N) is 1. The summed E-state index contributed by atoms with van der Waals surface area (Å²) in [5, 5.41) is 0. The van der Waals surface area contributed by atoms with Crippen molar-refractivity contribution in [2.24, 2.45) is 0 Å². The Bertz CT molecular complexity index is 456. The number of fused-ring (bicyclic) bond motifs is 1. The van der Waals surface area contributed by atoms with Crippen LogP contribution in [0.1, 0.15) is 10.4 Å². The smallest absolute Gasteiger partial charge is 0.264 e. The zero-order chi connectivity index (χ0) is 11.7. The highest BCUT2D eigenvalue weighted by Crippen LogP contribution is 2.36. The molecule has 0 bridgehead atoms. The first-order chi connectivity index (χ1) is 7.67. The molecule has 1 aromatic rings. The minimum Gasteiger partial charge on any atom is -0.496 e. The molecule has 1 heterocycles. The summed E-state index contributed by atoms with van der Waals surface area (Å²) < 4.78 is 10.3. The van der Waals surface area contributed by atoms with Crippen LogP contribution in [0, 0.1) is 0 Å². The number of rotatable bonds is 2. The maximum Gasteiger partial charge on any atom is 0.264 e. The molecule has 1 aromatic carbocycles. The predicted octanol–water partition coefficient (Wildman–Crippen LogP) is 0.863. The van der Waals surface area contributed by atoms with Crippen LogP contribution >= 0.6 is 0 Å². The van der Waals surface area contributed by atoms with Gasteiger partial charge in [-0.3, -0.25) is 9.59 Å². The maximum absolute atomic E-state index is 11.4. The van der Waals surface area contributed by atoms with E-state index in [0.717, 1.165) is 0 Å². The molecule has 16 heavy (non-hydrogen) atoms. The number of carbonyl (C=O) groups is 2. The second-order valence-corrected chi connectivity index (χ2v) is 3.42. The van der Waals surface area contributed by atoms with E-state index in [-0.39, 0.29) is 12.5 Å². The fourth-order valence-corrected chi connectivity index (χ4v) is 1.58. The molecule has 0 N–H and O–H groups in total. The van der Waals surface area contributed by atoms with Gasteiger partial charge in [0, 0.05) is 13.1 Å². The number of methoxy groups -OCH3 is 1. The first-order valence-electron chi connectivity index (χ1n) is 4.74. The molecule has 1 aliphatic heterocycles. The summed E-state index contributed by atoms with van der Waals surface area (Å²) in [4.78, 5) is 23.7. The van der Waals surface area contributed by atoms with E-state index in [1.165, 1.54) is 12.0 Å². The topological polar surface area (TPSA) is 55.8 Å². The molecule has 0 unspecified atom stereocenters. The fourth-order valence-electron chi connectivity index (χ4n) is 1.58. The molecule has 2 rings (SSSR count). The van der Waals surface area contributed by atoms with E-state index in [1.807, 2.05) is 0 Å². The third-order valence-corrected chi connectivity index (χ3v) is 2.52. The quantitative estimate of drug-likeness (QED) is 0.695. The summed E-state index contributed by atoms with van der Waals surface area (Å²) in [6.45, 7) is 0.00703. The van der Waals surface area contributed by atoms with Crippen molar-refractivity contribution < 1.29 is 19.1 Å². The van der Waals surface area contributed by atoms with Crippen molar-refractivity contribution in [3.05, 3.63) is 17.7 Å². The summed E-state index contributed by atoms with van der Waals surface area (Å²) in [5.74, 6) is 0.843. The van der Waals surface area contributed by atoms with Gasteiger partial charge in [0.15, 0.2) is 12.9 Å². The van der Waals surface area contributed by atoms with Gasteiger partial charge in [0.05, 0.1) is 18.4 Å². The number of carbonyl (C=O) groups excluding carboxylic acids is 2. The van der Waals surface area contributed by atoms with Gasteiger partial charge in [0.1, 0.15) is 11.5 Å². The van der Waals surface area contributed by atoms with E-state index in [1.54, 1.807) is 19.2 Å². The highest BCUT2D eigenvalue weighted by atomic mass is 16.5. The molecule has 0 atom stereocenters. The van der Waals surface area contributed by atoms with Gasteiger partial charge in [-0.05, 0) is 6.07 Å². The van der Waals surface area contributed by atoms with Crippen molar-refractivity contribution in [3.8, 4) is 11.5 Å². The van der Waals surface area contributed by atoms with Crippen molar-refractivity contribution in [2.75, 3.05) is 25.7 Å². The molecule has 0 aliphatic carbocycles. The van der Waals surface area contributed by atoms with Gasteiger partial charge in [-0.2, -0.15) is 0 Å². The SMILES string of the molecule is COc1cc2c(cc1C=O)N(C)C(=O)CO2. The standard InChI is InChI=1S/C11H11NO4/c1-12-8-3-7(5-13)9(15-2)4-10(8)16-6-11(12)14/h3-5H,6H2,1-2H3. The number of hydrogen-bond acceptors (Lipinski definition) is 4. The van der Waals surface area contributed by atoms with Crippen molar-refractivity contribution in [3.63, 3.8) is 0 Å². The lowest BCUT2D eigenvalue weighted by molar-refractivity contribution is -0.120. The largest absolute Gasteiger partial charge is 0.496 e. The Morgan fingerprint density at radius 2 is 2.25 bits per heavy atom. The van der Waals surface area contributed by atoms with Crippen molar-refractivity contribution >= 4 is 17.9 Å². The Balaban J connectivity index is 2.56. The lowest BCUT2D eigenvalue weighted by Crippen LogP contribution is -2.35. The molecule has 5 nitrogen and oxygen atoms in total. The molecule has 0 saturated carbocycles. The molecule has 0 aromatic heterocycles. The fraction of sp³-hybridized carbons (Fsp3) is 0.273. The number of benzene rings is 1. The number of likely N-dealkylation sites (N-methyl/N-ethyl adjacent to an activating group) is 1. The Morgan fingerprint density at radius 3 is 2.88 bits per heavy atom. The first-order valence-corrected chi connectivity index (χ1v) is 4.74. The second kappa shape index (κ2) is 3.84. The molecule has 0 spiro atoms. The summed E-state index contributed by atoms with van der Waals surface area (Å²) in [6, 6.07) is 3.19. The number of ether oxygens (including phenoxy) is 2. The van der Waals surface area contributed by atoms with E-state index in [9.17, 15) is 9.59 Å². The lowest BCUT2D eigenvalue weighted by atomic mass is 10.1. The minimum atomic E-state index is -0.144. The van der Waals surface area contributed by atoms with Crippen LogP contribution < -0.4 is 14.4 Å². The maximum atomic E-state index is 11.4. The molecule has 1 amide bonds. The van der Waals surface area contributed by atoms with Crippen molar-refractivity contribution in [1.29, 1.82) is 0 Å². The van der Waals surface area contributed by atoms with Crippen LogP contribution in [-0.2, 0) is 4.79 Å². The van der Waals surface area contributed by atoms with E-state index in [4.69, 9.17) is 9.47 Å². The molecule has 5 heteroatoms. The number of anilines is 1. The van der Waals surface area contributed by atoms with Gasteiger partial charge in [-0.25, -0.2) is 0 Å². The van der Waals surface area contributed by atoms with E-state index >= 15 is 0 Å². The average molecular weight is 221 g/mol. The van der Waals surface area contributed by atoms with Crippen LogP contribution in [0.4, 0.5) is 5.69 Å². The van der Waals surface area contributed by atoms with Gasteiger partial charge < -0.3 is 14.4 Å². The summed E-state index contributed by atoms with van der Waals surface area (Å²) in [6.07, 6.45) is 0.687. The monoisotopic (exact) mass is 221 g/mol. The van der Waals surface area contributed by atoms with Crippen LogP contribution in [0.3, 0.4) is 0 Å². The molecule has 0 radical (unpaired) electrons. The molecular formula is C11H11NO4. The number of aldehydes is 1. The highest BCUT2D eigenvalue weighted by molar-refractivity contribution is 5.99.